The Morgan fingerprint density at radius 2 is 2.08 bits per heavy atom. The third-order valence-electron chi connectivity index (χ3n) is 3.90. The molecule has 132 valence electrons. The van der Waals surface area contributed by atoms with Crippen molar-refractivity contribution in [3.8, 4) is 17.4 Å². The Kier molecular flexibility index (Phi) is 5.23. The number of rotatable bonds is 5. The van der Waals surface area contributed by atoms with E-state index < -0.39 is 0 Å². The minimum absolute atomic E-state index is 0.174. The maximum Gasteiger partial charge on any atom is 0.315 e. The molecule has 7 nitrogen and oxygen atoms in total. The molecule has 25 heavy (non-hydrogen) atoms. The van der Waals surface area contributed by atoms with Crippen molar-refractivity contribution >= 4 is 6.03 Å². The van der Waals surface area contributed by atoms with Gasteiger partial charge in [0.05, 0.1) is 13.2 Å². The molecule has 0 saturated carbocycles. The highest BCUT2D eigenvalue weighted by Gasteiger charge is 2.16. The van der Waals surface area contributed by atoms with Gasteiger partial charge < -0.3 is 24.8 Å². The number of hydrogen-bond donors (Lipinski definition) is 2. The fraction of sp³-hybridized carbons (Fsp3) is 0.333. The number of urea groups is 1. The summed E-state index contributed by atoms with van der Waals surface area (Å²) >= 11 is 0. The van der Waals surface area contributed by atoms with Crippen LogP contribution in [0.15, 0.2) is 36.5 Å². The molecule has 2 amide bonds. The zero-order valence-electron chi connectivity index (χ0n) is 14.2. The van der Waals surface area contributed by atoms with Gasteiger partial charge in [-0.1, -0.05) is 12.1 Å². The number of nitrogens with zero attached hydrogens (tertiary/aromatic N) is 1. The average Bonchev–Trinajstić information content (AvgIpc) is 2.66. The minimum atomic E-state index is -0.270. The molecule has 2 aromatic rings. The maximum absolute atomic E-state index is 12.1. The van der Waals surface area contributed by atoms with E-state index in [0.29, 0.717) is 31.4 Å². The Hall–Kier alpha value is -2.96. The molecule has 1 aromatic heterocycles. The SMILES string of the molecule is COc1ncccc1CNC(=O)N[C@@H](C)c1ccc2c(c1)OCCO2. The molecule has 0 saturated heterocycles. The molecule has 7 heteroatoms. The van der Waals surface area contributed by atoms with E-state index in [-0.39, 0.29) is 12.1 Å². The highest BCUT2D eigenvalue weighted by Crippen LogP contribution is 2.32. The van der Waals surface area contributed by atoms with Gasteiger partial charge in [-0.2, -0.15) is 0 Å². The largest absolute Gasteiger partial charge is 0.486 e. The van der Waals surface area contributed by atoms with Crippen LogP contribution in [0.4, 0.5) is 4.79 Å². The lowest BCUT2D eigenvalue weighted by atomic mass is 10.1. The Bertz CT molecular complexity index is 751. The number of amides is 2. The molecule has 2 heterocycles. The smallest absolute Gasteiger partial charge is 0.315 e. The van der Waals surface area contributed by atoms with Gasteiger partial charge in [-0.05, 0) is 30.7 Å². The first-order chi connectivity index (χ1) is 12.2. The van der Waals surface area contributed by atoms with E-state index in [9.17, 15) is 4.79 Å². The maximum atomic E-state index is 12.1. The number of nitrogens with one attached hydrogen (secondary N) is 2. The second kappa shape index (κ2) is 7.74. The summed E-state index contributed by atoms with van der Waals surface area (Å²) in [6, 6.07) is 8.89. The number of aromatic nitrogens is 1. The van der Waals surface area contributed by atoms with Gasteiger partial charge in [0.15, 0.2) is 11.5 Å². The van der Waals surface area contributed by atoms with Crippen molar-refractivity contribution in [2.75, 3.05) is 20.3 Å². The van der Waals surface area contributed by atoms with Crippen LogP contribution in [-0.4, -0.2) is 31.3 Å². The van der Waals surface area contributed by atoms with E-state index in [0.717, 1.165) is 16.9 Å². The van der Waals surface area contributed by atoms with E-state index in [1.807, 2.05) is 31.2 Å². The standard InChI is InChI=1S/C18H21N3O4/c1-12(13-5-6-15-16(10-13)25-9-8-24-15)21-18(22)20-11-14-4-3-7-19-17(14)23-2/h3-7,10,12H,8-9,11H2,1-2H3,(H2,20,21,22)/t12-/m0/s1. The highest BCUT2D eigenvalue weighted by molar-refractivity contribution is 5.74. The Morgan fingerprint density at radius 3 is 2.88 bits per heavy atom. The molecule has 0 spiro atoms. The number of carbonyl (C=O) groups is 1. The number of carbonyl (C=O) groups excluding carboxylic acids is 1. The summed E-state index contributed by atoms with van der Waals surface area (Å²) in [4.78, 5) is 16.3. The molecule has 0 fully saturated rings. The fourth-order valence-corrected chi connectivity index (χ4v) is 2.58. The average molecular weight is 343 g/mol. The number of hydrogen-bond acceptors (Lipinski definition) is 5. The van der Waals surface area contributed by atoms with Gasteiger partial charge >= 0.3 is 6.03 Å². The molecule has 3 rings (SSSR count). The van der Waals surface area contributed by atoms with E-state index in [1.165, 1.54) is 0 Å². The van der Waals surface area contributed by atoms with Gasteiger partial charge in [-0.15, -0.1) is 0 Å². The molecule has 1 aliphatic rings. The molecular formula is C18H21N3O4. The van der Waals surface area contributed by atoms with Crippen LogP contribution in [0.1, 0.15) is 24.1 Å². The summed E-state index contributed by atoms with van der Waals surface area (Å²) in [5.74, 6) is 1.94. The van der Waals surface area contributed by atoms with Gasteiger partial charge in [-0.3, -0.25) is 0 Å². The second-order valence-corrected chi connectivity index (χ2v) is 5.62. The minimum Gasteiger partial charge on any atom is -0.486 e. The van der Waals surface area contributed by atoms with Crippen molar-refractivity contribution in [1.29, 1.82) is 0 Å². The van der Waals surface area contributed by atoms with Crippen molar-refractivity contribution < 1.29 is 19.0 Å². The van der Waals surface area contributed by atoms with Crippen LogP contribution in [0.3, 0.4) is 0 Å². The van der Waals surface area contributed by atoms with E-state index in [1.54, 1.807) is 19.4 Å². The molecule has 0 aliphatic carbocycles. The summed E-state index contributed by atoms with van der Waals surface area (Å²) in [5, 5.41) is 5.71. The van der Waals surface area contributed by atoms with Crippen molar-refractivity contribution in [1.82, 2.24) is 15.6 Å². The van der Waals surface area contributed by atoms with Crippen molar-refractivity contribution in [2.24, 2.45) is 0 Å². The van der Waals surface area contributed by atoms with Crippen molar-refractivity contribution in [3.63, 3.8) is 0 Å². The van der Waals surface area contributed by atoms with Crippen LogP contribution in [0.2, 0.25) is 0 Å². The van der Waals surface area contributed by atoms with E-state index >= 15 is 0 Å². The molecular weight excluding hydrogens is 322 g/mol. The number of pyridine rings is 1. The Morgan fingerprint density at radius 1 is 1.28 bits per heavy atom. The summed E-state index contributed by atoms with van der Waals surface area (Å²) in [5.41, 5.74) is 1.76. The topological polar surface area (TPSA) is 81.7 Å². The van der Waals surface area contributed by atoms with Crippen LogP contribution >= 0.6 is 0 Å². The number of ether oxygens (including phenoxy) is 3. The molecule has 1 aromatic carbocycles. The molecule has 1 aliphatic heterocycles. The first-order valence-electron chi connectivity index (χ1n) is 8.09. The summed E-state index contributed by atoms with van der Waals surface area (Å²) in [6.07, 6.45) is 1.65. The van der Waals surface area contributed by atoms with Crippen LogP contribution in [0.25, 0.3) is 0 Å². The van der Waals surface area contributed by atoms with Gasteiger partial charge in [0.1, 0.15) is 13.2 Å². The third kappa shape index (κ3) is 4.12. The normalized spacial score (nSPS) is 13.7. The van der Waals surface area contributed by atoms with Crippen LogP contribution in [-0.2, 0) is 6.54 Å². The lowest BCUT2D eigenvalue weighted by Crippen LogP contribution is -2.36. The molecule has 0 bridgehead atoms. The number of fused-ring (bicyclic) bond motifs is 1. The van der Waals surface area contributed by atoms with Gasteiger partial charge in [0.2, 0.25) is 5.88 Å². The number of benzene rings is 1. The van der Waals surface area contributed by atoms with Gasteiger partial charge in [0, 0.05) is 18.3 Å². The summed E-state index contributed by atoms with van der Waals surface area (Å²) in [7, 11) is 1.55. The zero-order chi connectivity index (χ0) is 17.6. The fourth-order valence-electron chi connectivity index (χ4n) is 2.58. The van der Waals surface area contributed by atoms with Crippen molar-refractivity contribution in [2.45, 2.75) is 19.5 Å². The van der Waals surface area contributed by atoms with Crippen LogP contribution in [0.5, 0.6) is 17.4 Å². The quantitative estimate of drug-likeness (QED) is 0.871. The molecule has 0 radical (unpaired) electrons. The Balaban J connectivity index is 1.57. The lowest BCUT2D eigenvalue weighted by molar-refractivity contribution is 0.171. The zero-order valence-corrected chi connectivity index (χ0v) is 14.2. The molecule has 2 N–H and O–H groups in total. The van der Waals surface area contributed by atoms with E-state index in [4.69, 9.17) is 14.2 Å². The van der Waals surface area contributed by atoms with Crippen molar-refractivity contribution in [3.05, 3.63) is 47.7 Å². The lowest BCUT2D eigenvalue weighted by Gasteiger charge is -2.21. The van der Waals surface area contributed by atoms with Gasteiger partial charge in [-0.25, -0.2) is 9.78 Å². The first kappa shape index (κ1) is 16.9. The van der Waals surface area contributed by atoms with Crippen LogP contribution < -0.4 is 24.8 Å². The Labute approximate surface area is 146 Å². The summed E-state index contributed by atoms with van der Waals surface area (Å²) < 4.78 is 16.3. The van der Waals surface area contributed by atoms with Crippen LogP contribution in [0, 0.1) is 0 Å². The highest BCUT2D eigenvalue weighted by atomic mass is 16.6. The molecule has 0 unspecified atom stereocenters. The predicted molar refractivity (Wildman–Crippen MR) is 92.0 cm³/mol. The first-order valence-corrected chi connectivity index (χ1v) is 8.09. The van der Waals surface area contributed by atoms with E-state index in [2.05, 4.69) is 15.6 Å². The second-order valence-electron chi connectivity index (χ2n) is 5.62. The van der Waals surface area contributed by atoms with Gasteiger partial charge in [0.25, 0.3) is 0 Å². The monoisotopic (exact) mass is 343 g/mol. The molecule has 1 atom stereocenters. The number of methoxy groups -OCH3 is 1. The summed E-state index contributed by atoms with van der Waals surface area (Å²) in [6.45, 7) is 3.33. The third-order valence-corrected chi connectivity index (χ3v) is 3.90. The predicted octanol–water partition coefficient (Wildman–Crippen LogP) is 2.42.